The molecule has 1 rings (SSSR count). The van der Waals surface area contributed by atoms with Crippen molar-refractivity contribution >= 4 is 39.7 Å². The molecule has 4 N–H and O–H groups in total. The molecule has 0 fully saturated rings. The maximum absolute atomic E-state index is 12.0. The van der Waals surface area contributed by atoms with Crippen molar-refractivity contribution in [1.82, 2.24) is 0 Å². The van der Waals surface area contributed by atoms with E-state index in [4.69, 9.17) is 5.73 Å². The van der Waals surface area contributed by atoms with E-state index in [1.54, 1.807) is 31.2 Å². The number of rotatable bonds is 8. The van der Waals surface area contributed by atoms with Gasteiger partial charge in [-0.1, -0.05) is 26.8 Å². The van der Waals surface area contributed by atoms with Gasteiger partial charge in [0.05, 0.1) is 17.5 Å². The topological polar surface area (TPSA) is 101 Å². The summed E-state index contributed by atoms with van der Waals surface area (Å²) >= 11 is 0. The van der Waals surface area contributed by atoms with Gasteiger partial charge in [-0.25, -0.2) is 8.42 Å². The number of carbonyl (C=O) groups excluding carboxylic acids is 1. The van der Waals surface area contributed by atoms with Crippen molar-refractivity contribution in [3.05, 3.63) is 24.3 Å². The molecule has 1 amide bonds. The number of nitrogens with two attached hydrogens (primary N) is 1. The van der Waals surface area contributed by atoms with E-state index < -0.39 is 16.1 Å². The second-order valence-electron chi connectivity index (χ2n) is 5.73. The summed E-state index contributed by atoms with van der Waals surface area (Å²) in [5, 5.41) is 2.71. The van der Waals surface area contributed by atoms with Gasteiger partial charge in [0, 0.05) is 5.69 Å². The standard InChI is InChI=1S/C15H25N3O3S.ClH/c1-4-8-22(20,21)18-13-7-5-6-12(10-13)17-15(19)14(16)9-11(2)3;/h5-7,10-11,14,18H,4,8-9,16H2,1-3H3,(H,17,19);1H/t14-;/m0./s1. The lowest BCUT2D eigenvalue weighted by Gasteiger charge is -2.15. The summed E-state index contributed by atoms with van der Waals surface area (Å²) < 4.78 is 26.0. The first-order valence-corrected chi connectivity index (χ1v) is 9.05. The number of amides is 1. The van der Waals surface area contributed by atoms with E-state index >= 15 is 0 Å². The monoisotopic (exact) mass is 363 g/mol. The van der Waals surface area contributed by atoms with Crippen molar-refractivity contribution in [1.29, 1.82) is 0 Å². The number of benzene rings is 1. The zero-order valence-electron chi connectivity index (χ0n) is 13.7. The van der Waals surface area contributed by atoms with Crippen LogP contribution in [0.1, 0.15) is 33.6 Å². The van der Waals surface area contributed by atoms with E-state index in [0.29, 0.717) is 30.1 Å². The molecule has 0 aliphatic rings. The highest BCUT2D eigenvalue weighted by atomic mass is 35.5. The molecule has 0 aliphatic heterocycles. The molecule has 1 aromatic carbocycles. The molecule has 6 nitrogen and oxygen atoms in total. The van der Waals surface area contributed by atoms with Crippen LogP contribution in [-0.2, 0) is 14.8 Å². The Kier molecular flexibility index (Phi) is 9.19. The Morgan fingerprint density at radius 2 is 1.87 bits per heavy atom. The highest BCUT2D eigenvalue weighted by molar-refractivity contribution is 7.92. The van der Waals surface area contributed by atoms with E-state index in [0.717, 1.165) is 0 Å². The third-order valence-electron chi connectivity index (χ3n) is 2.94. The van der Waals surface area contributed by atoms with Gasteiger partial charge in [-0.05, 0) is 37.0 Å². The van der Waals surface area contributed by atoms with Crippen molar-refractivity contribution in [2.75, 3.05) is 15.8 Å². The highest BCUT2D eigenvalue weighted by Crippen LogP contribution is 2.17. The Morgan fingerprint density at radius 1 is 1.26 bits per heavy atom. The van der Waals surface area contributed by atoms with Crippen molar-refractivity contribution < 1.29 is 13.2 Å². The average molecular weight is 364 g/mol. The van der Waals surface area contributed by atoms with Crippen LogP contribution in [0.5, 0.6) is 0 Å². The van der Waals surface area contributed by atoms with Gasteiger partial charge >= 0.3 is 0 Å². The van der Waals surface area contributed by atoms with Crippen LogP contribution in [0.2, 0.25) is 0 Å². The fourth-order valence-electron chi connectivity index (χ4n) is 2.01. The third-order valence-corrected chi connectivity index (χ3v) is 4.43. The Balaban J connectivity index is 0.00000484. The Labute approximate surface area is 144 Å². The normalized spacial score (nSPS) is 12.4. The van der Waals surface area contributed by atoms with Gasteiger partial charge in [-0.3, -0.25) is 9.52 Å². The molecule has 0 saturated heterocycles. The molecule has 0 aromatic heterocycles. The summed E-state index contributed by atoms with van der Waals surface area (Å²) in [5.74, 6) is 0.109. The fraction of sp³-hybridized carbons (Fsp3) is 0.533. The number of sulfonamides is 1. The predicted molar refractivity (Wildman–Crippen MR) is 97.5 cm³/mol. The second-order valence-corrected chi connectivity index (χ2v) is 7.57. The molecule has 0 spiro atoms. The highest BCUT2D eigenvalue weighted by Gasteiger charge is 2.15. The van der Waals surface area contributed by atoms with E-state index in [-0.39, 0.29) is 24.1 Å². The first-order valence-electron chi connectivity index (χ1n) is 7.40. The predicted octanol–water partition coefficient (Wildman–Crippen LogP) is 2.57. The van der Waals surface area contributed by atoms with Crippen LogP contribution < -0.4 is 15.8 Å². The zero-order valence-corrected chi connectivity index (χ0v) is 15.3. The first-order chi connectivity index (χ1) is 10.2. The molecular formula is C15H26ClN3O3S. The van der Waals surface area contributed by atoms with Crippen LogP contribution >= 0.6 is 12.4 Å². The van der Waals surface area contributed by atoms with Gasteiger partial charge in [-0.2, -0.15) is 0 Å². The van der Waals surface area contributed by atoms with Gasteiger partial charge in [0.15, 0.2) is 0 Å². The summed E-state index contributed by atoms with van der Waals surface area (Å²) in [5.41, 5.74) is 6.76. The van der Waals surface area contributed by atoms with Gasteiger partial charge in [0.2, 0.25) is 15.9 Å². The summed E-state index contributed by atoms with van der Waals surface area (Å²) in [6.07, 6.45) is 1.13. The van der Waals surface area contributed by atoms with E-state index in [1.165, 1.54) is 0 Å². The van der Waals surface area contributed by atoms with Crippen molar-refractivity contribution in [3.63, 3.8) is 0 Å². The Bertz CT molecular complexity index is 606. The molecule has 0 radical (unpaired) electrons. The van der Waals surface area contributed by atoms with Crippen LogP contribution in [0, 0.1) is 5.92 Å². The lowest BCUT2D eigenvalue weighted by atomic mass is 10.0. The smallest absolute Gasteiger partial charge is 0.241 e. The molecule has 0 saturated carbocycles. The number of hydrogen-bond donors (Lipinski definition) is 3. The second kappa shape index (κ2) is 9.75. The van der Waals surface area contributed by atoms with Crippen LogP contribution in [0.15, 0.2) is 24.3 Å². The maximum Gasteiger partial charge on any atom is 0.241 e. The number of nitrogens with one attached hydrogen (secondary N) is 2. The molecule has 23 heavy (non-hydrogen) atoms. The molecule has 1 atom stereocenters. The van der Waals surface area contributed by atoms with Crippen molar-refractivity contribution in [2.24, 2.45) is 11.7 Å². The molecule has 132 valence electrons. The number of carbonyl (C=O) groups is 1. The van der Waals surface area contributed by atoms with Gasteiger partial charge < -0.3 is 11.1 Å². The van der Waals surface area contributed by atoms with Crippen molar-refractivity contribution in [3.8, 4) is 0 Å². The zero-order chi connectivity index (χ0) is 16.8. The SMILES string of the molecule is CCCS(=O)(=O)Nc1cccc(NC(=O)[C@@H](N)CC(C)C)c1.Cl. The van der Waals surface area contributed by atoms with E-state index in [1.807, 2.05) is 13.8 Å². The molecule has 8 heteroatoms. The number of halogens is 1. The van der Waals surface area contributed by atoms with Crippen LogP contribution in [0.4, 0.5) is 11.4 Å². The van der Waals surface area contributed by atoms with E-state index in [2.05, 4.69) is 10.0 Å². The average Bonchev–Trinajstić information content (AvgIpc) is 2.37. The molecule has 0 aliphatic carbocycles. The summed E-state index contributed by atoms with van der Waals surface area (Å²) in [7, 11) is -3.35. The summed E-state index contributed by atoms with van der Waals surface area (Å²) in [6, 6.07) is 6.00. The van der Waals surface area contributed by atoms with Gasteiger partial charge in [0.1, 0.15) is 0 Å². The van der Waals surface area contributed by atoms with E-state index in [9.17, 15) is 13.2 Å². The molecule has 0 unspecified atom stereocenters. The quantitative estimate of drug-likeness (QED) is 0.660. The minimum Gasteiger partial charge on any atom is -0.325 e. The number of anilines is 2. The maximum atomic E-state index is 12.0. The molecular weight excluding hydrogens is 338 g/mol. The lowest BCUT2D eigenvalue weighted by Crippen LogP contribution is -2.36. The van der Waals surface area contributed by atoms with Crippen LogP contribution in [-0.4, -0.2) is 26.1 Å². The molecule has 1 aromatic rings. The Morgan fingerprint density at radius 3 is 2.43 bits per heavy atom. The minimum absolute atomic E-state index is 0. The van der Waals surface area contributed by atoms with Crippen LogP contribution in [0.25, 0.3) is 0 Å². The summed E-state index contributed by atoms with van der Waals surface area (Å²) in [6.45, 7) is 5.79. The van der Waals surface area contributed by atoms with Gasteiger partial charge in [0.25, 0.3) is 0 Å². The third kappa shape index (κ3) is 8.20. The molecule has 0 heterocycles. The molecule has 0 bridgehead atoms. The number of hydrogen-bond acceptors (Lipinski definition) is 4. The first kappa shape index (κ1) is 21.7. The van der Waals surface area contributed by atoms with Crippen molar-refractivity contribution in [2.45, 2.75) is 39.7 Å². The fourth-order valence-corrected chi connectivity index (χ4v) is 3.14. The minimum atomic E-state index is -3.35. The Hall–Kier alpha value is -1.31. The van der Waals surface area contributed by atoms with Gasteiger partial charge in [-0.15, -0.1) is 12.4 Å². The lowest BCUT2D eigenvalue weighted by molar-refractivity contribution is -0.117. The summed E-state index contributed by atoms with van der Waals surface area (Å²) in [4.78, 5) is 12.0. The largest absolute Gasteiger partial charge is 0.325 e. The van der Waals surface area contributed by atoms with Crippen LogP contribution in [0.3, 0.4) is 0 Å².